The zero-order chi connectivity index (χ0) is 11.4. The van der Waals surface area contributed by atoms with E-state index >= 15 is 0 Å². The first-order chi connectivity index (χ1) is 7.81. The van der Waals surface area contributed by atoms with E-state index in [1.165, 1.54) is 6.33 Å². The molecule has 2 rings (SSSR count). The average molecular weight is 218 g/mol. The van der Waals surface area contributed by atoms with Crippen LogP contribution in [0.25, 0.3) is 0 Å². The topological polar surface area (TPSA) is 63.8 Å². The second kappa shape index (κ2) is 4.85. The number of aromatic nitrogens is 4. The fourth-order valence-electron chi connectivity index (χ4n) is 1.59. The van der Waals surface area contributed by atoms with Crippen molar-refractivity contribution in [3.8, 4) is 0 Å². The lowest BCUT2D eigenvalue weighted by Gasteiger charge is -2.10. The molecule has 0 aliphatic carbocycles. The van der Waals surface area contributed by atoms with Gasteiger partial charge in [0.25, 0.3) is 0 Å². The minimum Gasteiger partial charge on any atom is -0.388 e. The Morgan fingerprint density at radius 2 is 2.12 bits per heavy atom. The molecular formula is C11H14N4O. The van der Waals surface area contributed by atoms with Gasteiger partial charge in [-0.1, -0.05) is 0 Å². The minimum absolute atomic E-state index is 0.480. The number of nitrogens with zero attached hydrogens (tertiary/aromatic N) is 4. The van der Waals surface area contributed by atoms with E-state index in [4.69, 9.17) is 0 Å². The van der Waals surface area contributed by atoms with Gasteiger partial charge in [0, 0.05) is 43.3 Å². The smallest absolute Gasteiger partial charge is 0.115 e. The van der Waals surface area contributed by atoms with Crippen molar-refractivity contribution in [1.29, 1.82) is 0 Å². The molecule has 5 heteroatoms. The molecule has 84 valence electrons. The fourth-order valence-corrected chi connectivity index (χ4v) is 1.59. The van der Waals surface area contributed by atoms with Crippen molar-refractivity contribution in [2.24, 2.45) is 0 Å². The molecule has 0 saturated carbocycles. The van der Waals surface area contributed by atoms with Crippen molar-refractivity contribution in [2.45, 2.75) is 26.0 Å². The molecule has 0 radical (unpaired) electrons. The Bertz CT molecular complexity index is 440. The van der Waals surface area contributed by atoms with Crippen molar-refractivity contribution in [2.75, 3.05) is 0 Å². The van der Waals surface area contributed by atoms with Gasteiger partial charge in [-0.15, -0.1) is 0 Å². The highest BCUT2D eigenvalue weighted by Crippen LogP contribution is 2.15. The monoisotopic (exact) mass is 218 g/mol. The van der Waals surface area contributed by atoms with Gasteiger partial charge in [-0.25, -0.2) is 15.0 Å². The van der Waals surface area contributed by atoms with Crippen molar-refractivity contribution in [3.63, 3.8) is 0 Å². The summed E-state index contributed by atoms with van der Waals surface area (Å²) in [7, 11) is 0. The third-order valence-electron chi connectivity index (χ3n) is 2.48. The molecule has 0 fully saturated rings. The van der Waals surface area contributed by atoms with Crippen LogP contribution in [0.1, 0.15) is 24.4 Å². The lowest BCUT2D eigenvalue weighted by atomic mass is 10.1. The number of aliphatic hydroxyl groups is 1. The summed E-state index contributed by atoms with van der Waals surface area (Å²) in [5.41, 5.74) is 0.716. The molecule has 5 nitrogen and oxygen atoms in total. The molecule has 2 aromatic rings. The number of imidazole rings is 1. The summed E-state index contributed by atoms with van der Waals surface area (Å²) in [5.74, 6) is 0.874. The molecule has 1 atom stereocenters. The molecule has 2 heterocycles. The van der Waals surface area contributed by atoms with Gasteiger partial charge in [-0.05, 0) is 6.92 Å². The fraction of sp³-hybridized carbons (Fsp3) is 0.364. The van der Waals surface area contributed by atoms with E-state index in [0.29, 0.717) is 12.0 Å². The Kier molecular flexibility index (Phi) is 3.26. The predicted octanol–water partition coefficient (Wildman–Crippen LogP) is 0.969. The van der Waals surface area contributed by atoms with Gasteiger partial charge in [0.2, 0.25) is 0 Å². The summed E-state index contributed by atoms with van der Waals surface area (Å²) in [5, 5.41) is 9.98. The first-order valence-corrected chi connectivity index (χ1v) is 5.24. The van der Waals surface area contributed by atoms with Crippen LogP contribution in [0.5, 0.6) is 0 Å². The minimum atomic E-state index is -0.603. The van der Waals surface area contributed by atoms with Crippen LogP contribution in [0, 0.1) is 0 Å². The lowest BCUT2D eigenvalue weighted by Crippen LogP contribution is -2.08. The van der Waals surface area contributed by atoms with E-state index in [0.717, 1.165) is 12.4 Å². The van der Waals surface area contributed by atoms with E-state index < -0.39 is 6.10 Å². The maximum absolute atomic E-state index is 9.98. The molecule has 1 N–H and O–H groups in total. The van der Waals surface area contributed by atoms with Gasteiger partial charge >= 0.3 is 0 Å². The van der Waals surface area contributed by atoms with Crippen LogP contribution < -0.4 is 0 Å². The molecule has 0 aliphatic heterocycles. The Morgan fingerprint density at radius 1 is 1.38 bits per heavy atom. The van der Waals surface area contributed by atoms with Crippen LogP contribution in [-0.2, 0) is 13.0 Å². The first-order valence-electron chi connectivity index (χ1n) is 5.24. The molecule has 0 bridgehead atoms. The predicted molar refractivity (Wildman–Crippen MR) is 58.6 cm³/mol. The normalized spacial score (nSPS) is 12.6. The van der Waals surface area contributed by atoms with E-state index in [9.17, 15) is 5.11 Å². The second-order valence-corrected chi connectivity index (χ2v) is 3.52. The van der Waals surface area contributed by atoms with E-state index in [1.54, 1.807) is 18.6 Å². The Hall–Kier alpha value is -1.75. The van der Waals surface area contributed by atoms with Crippen LogP contribution in [0.3, 0.4) is 0 Å². The number of aliphatic hydroxyl groups excluding tert-OH is 1. The van der Waals surface area contributed by atoms with Crippen molar-refractivity contribution >= 4 is 0 Å². The maximum atomic E-state index is 9.98. The third-order valence-corrected chi connectivity index (χ3v) is 2.48. The first kappa shape index (κ1) is 10.8. The van der Waals surface area contributed by atoms with Gasteiger partial charge < -0.3 is 9.67 Å². The summed E-state index contributed by atoms with van der Waals surface area (Å²) in [4.78, 5) is 12.0. The zero-order valence-electron chi connectivity index (χ0n) is 9.11. The van der Waals surface area contributed by atoms with Crippen molar-refractivity contribution < 1.29 is 5.11 Å². The van der Waals surface area contributed by atoms with E-state index in [1.807, 2.05) is 17.7 Å². The highest BCUT2D eigenvalue weighted by atomic mass is 16.3. The van der Waals surface area contributed by atoms with Gasteiger partial charge in [0.15, 0.2) is 0 Å². The van der Waals surface area contributed by atoms with Crippen LogP contribution in [-0.4, -0.2) is 24.6 Å². The Morgan fingerprint density at radius 3 is 2.81 bits per heavy atom. The summed E-state index contributed by atoms with van der Waals surface area (Å²) < 4.78 is 2.01. The van der Waals surface area contributed by atoms with Crippen LogP contribution in [0.2, 0.25) is 0 Å². The molecule has 0 spiro atoms. The van der Waals surface area contributed by atoms with Crippen molar-refractivity contribution in [3.05, 3.63) is 42.5 Å². The molecule has 0 saturated heterocycles. The van der Waals surface area contributed by atoms with Gasteiger partial charge in [-0.3, -0.25) is 0 Å². The van der Waals surface area contributed by atoms with Crippen LogP contribution in [0.15, 0.2) is 31.1 Å². The molecule has 2 aromatic heterocycles. The highest BCUT2D eigenvalue weighted by Gasteiger charge is 2.12. The summed E-state index contributed by atoms with van der Waals surface area (Å²) in [6, 6.07) is 0. The molecule has 0 amide bonds. The summed E-state index contributed by atoms with van der Waals surface area (Å²) >= 11 is 0. The highest BCUT2D eigenvalue weighted by molar-refractivity contribution is 5.09. The molecule has 1 unspecified atom stereocenters. The average Bonchev–Trinajstić information content (AvgIpc) is 2.77. The van der Waals surface area contributed by atoms with Gasteiger partial charge in [0.1, 0.15) is 12.2 Å². The molecular weight excluding hydrogens is 204 g/mol. The van der Waals surface area contributed by atoms with Gasteiger partial charge in [-0.2, -0.15) is 0 Å². The summed E-state index contributed by atoms with van der Waals surface area (Å²) in [6.07, 6.45) is 8.22. The maximum Gasteiger partial charge on any atom is 0.115 e. The van der Waals surface area contributed by atoms with Crippen molar-refractivity contribution in [1.82, 2.24) is 19.5 Å². The number of aryl methyl sites for hydroxylation is 1. The van der Waals surface area contributed by atoms with Gasteiger partial charge in [0.05, 0.1) is 6.10 Å². The van der Waals surface area contributed by atoms with E-state index in [2.05, 4.69) is 15.0 Å². The SMILES string of the molecule is CCn1ccnc1CC(O)c1cncnc1. The largest absolute Gasteiger partial charge is 0.388 e. The Balaban J connectivity index is 2.11. The number of rotatable bonds is 4. The zero-order valence-corrected chi connectivity index (χ0v) is 9.11. The quantitative estimate of drug-likeness (QED) is 0.830. The van der Waals surface area contributed by atoms with E-state index in [-0.39, 0.29) is 0 Å². The molecule has 0 aliphatic rings. The second-order valence-electron chi connectivity index (χ2n) is 3.52. The molecule has 0 aromatic carbocycles. The summed E-state index contributed by atoms with van der Waals surface area (Å²) in [6.45, 7) is 2.90. The number of hydrogen-bond acceptors (Lipinski definition) is 4. The standard InChI is InChI=1S/C11H14N4O/c1-2-15-4-3-14-11(15)5-10(16)9-6-12-8-13-7-9/h3-4,6-8,10,16H,2,5H2,1H3. The van der Waals surface area contributed by atoms with Crippen LogP contribution in [0.4, 0.5) is 0 Å². The lowest BCUT2D eigenvalue weighted by molar-refractivity contribution is 0.173. The molecule has 16 heavy (non-hydrogen) atoms. The number of hydrogen-bond donors (Lipinski definition) is 1. The Labute approximate surface area is 93.8 Å². The van der Waals surface area contributed by atoms with Crippen LogP contribution >= 0.6 is 0 Å². The third kappa shape index (κ3) is 2.25.